The minimum absolute atomic E-state index is 0.0515. The van der Waals surface area contributed by atoms with Crippen molar-refractivity contribution in [3.8, 4) is 22.3 Å². The Hall–Kier alpha value is -3.18. The number of para-hydroxylation sites is 1. The zero-order valence-corrected chi connectivity index (χ0v) is 19.6. The molecule has 1 amide bonds. The summed E-state index contributed by atoms with van der Waals surface area (Å²) in [5.74, 6) is -0.473. The number of aromatic nitrogens is 1. The van der Waals surface area contributed by atoms with Gasteiger partial charge in [0, 0.05) is 34.4 Å². The number of carbonyl (C=O) groups is 1. The summed E-state index contributed by atoms with van der Waals surface area (Å²) >= 11 is 3.59. The van der Waals surface area contributed by atoms with Crippen molar-refractivity contribution in [2.24, 2.45) is 0 Å². The monoisotopic (exact) mass is 490 g/mol. The van der Waals surface area contributed by atoms with E-state index >= 15 is 0 Å². The van der Waals surface area contributed by atoms with Gasteiger partial charge in [-0.1, -0.05) is 70.5 Å². The molecule has 0 fully saturated rings. The van der Waals surface area contributed by atoms with Gasteiger partial charge >= 0.3 is 0 Å². The van der Waals surface area contributed by atoms with Gasteiger partial charge in [-0.15, -0.1) is 0 Å². The maximum atomic E-state index is 13.7. The fourth-order valence-electron chi connectivity index (χ4n) is 3.88. The maximum absolute atomic E-state index is 13.7. The SMILES string of the molecule is CC(C)n1cc(-c2ccc(F)cc2)c(-c2ccccc2CBr)c1C(=O)Nc1ccccc1. The van der Waals surface area contributed by atoms with Crippen LogP contribution in [0.5, 0.6) is 0 Å². The number of amides is 1. The molecule has 4 aromatic rings. The fourth-order valence-corrected chi connectivity index (χ4v) is 4.37. The number of carbonyl (C=O) groups excluding carboxylic acids is 1. The molecule has 5 heteroatoms. The van der Waals surface area contributed by atoms with Gasteiger partial charge in [-0.2, -0.15) is 0 Å². The number of alkyl halides is 1. The third kappa shape index (κ3) is 4.39. The number of benzene rings is 3. The molecule has 0 atom stereocenters. The van der Waals surface area contributed by atoms with Gasteiger partial charge in [0.1, 0.15) is 11.5 Å². The van der Waals surface area contributed by atoms with E-state index in [1.54, 1.807) is 12.1 Å². The normalized spacial score (nSPS) is 11.0. The van der Waals surface area contributed by atoms with Crippen LogP contribution in [0.1, 0.15) is 35.9 Å². The third-order valence-electron chi connectivity index (χ3n) is 5.42. The summed E-state index contributed by atoms with van der Waals surface area (Å²) in [6, 6.07) is 23.9. The highest BCUT2D eigenvalue weighted by Crippen LogP contribution is 2.40. The van der Waals surface area contributed by atoms with Gasteiger partial charge in [0.25, 0.3) is 5.91 Å². The minimum Gasteiger partial charge on any atom is -0.340 e. The molecule has 0 spiro atoms. The average molecular weight is 491 g/mol. The van der Waals surface area contributed by atoms with Crippen LogP contribution in [0.3, 0.4) is 0 Å². The molecule has 3 nitrogen and oxygen atoms in total. The lowest BCUT2D eigenvalue weighted by molar-refractivity contribution is 0.101. The second-order valence-electron chi connectivity index (χ2n) is 7.89. The Kier molecular flexibility index (Phi) is 6.56. The van der Waals surface area contributed by atoms with Crippen molar-refractivity contribution in [3.63, 3.8) is 0 Å². The Balaban J connectivity index is 1.98. The molecule has 0 saturated carbocycles. The van der Waals surface area contributed by atoms with Crippen LogP contribution in [0.4, 0.5) is 10.1 Å². The molecule has 0 radical (unpaired) electrons. The van der Waals surface area contributed by atoms with Crippen LogP contribution >= 0.6 is 15.9 Å². The molecule has 0 bridgehead atoms. The van der Waals surface area contributed by atoms with E-state index in [0.717, 1.165) is 33.5 Å². The lowest BCUT2D eigenvalue weighted by Crippen LogP contribution is -2.19. The summed E-state index contributed by atoms with van der Waals surface area (Å²) in [7, 11) is 0. The predicted octanol–water partition coefficient (Wildman–Crippen LogP) is 7.69. The van der Waals surface area contributed by atoms with Crippen molar-refractivity contribution < 1.29 is 9.18 Å². The van der Waals surface area contributed by atoms with Crippen LogP contribution in [0.15, 0.2) is 85.1 Å². The molecule has 32 heavy (non-hydrogen) atoms. The third-order valence-corrected chi connectivity index (χ3v) is 6.03. The van der Waals surface area contributed by atoms with Gasteiger partial charge in [-0.3, -0.25) is 4.79 Å². The van der Waals surface area contributed by atoms with Crippen LogP contribution in [-0.4, -0.2) is 10.5 Å². The summed E-state index contributed by atoms with van der Waals surface area (Å²) in [4.78, 5) is 13.6. The zero-order chi connectivity index (χ0) is 22.7. The fraction of sp³-hybridized carbons (Fsp3) is 0.148. The molecule has 1 aromatic heterocycles. The van der Waals surface area contributed by atoms with Crippen molar-refractivity contribution in [2.75, 3.05) is 5.32 Å². The highest BCUT2D eigenvalue weighted by atomic mass is 79.9. The first-order valence-electron chi connectivity index (χ1n) is 10.5. The van der Waals surface area contributed by atoms with Crippen molar-refractivity contribution in [2.45, 2.75) is 25.2 Å². The molecule has 0 aliphatic rings. The van der Waals surface area contributed by atoms with Crippen molar-refractivity contribution in [1.82, 2.24) is 4.57 Å². The Morgan fingerprint density at radius 3 is 2.25 bits per heavy atom. The molecule has 1 heterocycles. The highest BCUT2D eigenvalue weighted by Gasteiger charge is 2.26. The number of hydrogen-bond donors (Lipinski definition) is 1. The quantitative estimate of drug-likeness (QED) is 0.276. The Bertz CT molecular complexity index is 1230. The van der Waals surface area contributed by atoms with Crippen LogP contribution in [-0.2, 0) is 5.33 Å². The summed E-state index contributed by atoms with van der Waals surface area (Å²) in [5.41, 5.74) is 5.96. The largest absolute Gasteiger partial charge is 0.340 e. The molecule has 0 aliphatic heterocycles. The Morgan fingerprint density at radius 2 is 1.59 bits per heavy atom. The van der Waals surface area contributed by atoms with Crippen molar-refractivity contribution in [1.29, 1.82) is 0 Å². The van der Waals surface area contributed by atoms with E-state index in [2.05, 4.69) is 21.2 Å². The summed E-state index contributed by atoms with van der Waals surface area (Å²) in [5, 5.41) is 3.69. The van der Waals surface area contributed by atoms with E-state index in [1.807, 2.05) is 79.2 Å². The predicted molar refractivity (Wildman–Crippen MR) is 133 cm³/mol. The molecule has 0 aliphatic carbocycles. The molecular weight excluding hydrogens is 467 g/mol. The van der Waals surface area contributed by atoms with Gasteiger partial charge in [-0.05, 0) is 54.8 Å². The number of rotatable bonds is 6. The van der Waals surface area contributed by atoms with Crippen molar-refractivity contribution >= 4 is 27.5 Å². The average Bonchev–Trinajstić information content (AvgIpc) is 3.21. The number of hydrogen-bond acceptors (Lipinski definition) is 1. The molecule has 0 unspecified atom stereocenters. The van der Waals surface area contributed by atoms with E-state index < -0.39 is 0 Å². The van der Waals surface area contributed by atoms with Gasteiger partial charge in [-0.25, -0.2) is 4.39 Å². The van der Waals surface area contributed by atoms with Crippen LogP contribution in [0.25, 0.3) is 22.3 Å². The molecule has 1 N–H and O–H groups in total. The van der Waals surface area contributed by atoms with E-state index in [4.69, 9.17) is 0 Å². The first kappa shape index (κ1) is 22.0. The first-order chi connectivity index (χ1) is 15.5. The van der Waals surface area contributed by atoms with Gasteiger partial charge in [0.2, 0.25) is 0 Å². The first-order valence-corrected chi connectivity index (χ1v) is 11.6. The maximum Gasteiger partial charge on any atom is 0.272 e. The van der Waals surface area contributed by atoms with Gasteiger partial charge < -0.3 is 9.88 Å². The van der Waals surface area contributed by atoms with Crippen molar-refractivity contribution in [3.05, 3.63) is 102 Å². The summed E-state index contributed by atoms with van der Waals surface area (Å²) < 4.78 is 15.6. The van der Waals surface area contributed by atoms with Crippen LogP contribution < -0.4 is 5.32 Å². The van der Waals surface area contributed by atoms with E-state index in [0.29, 0.717) is 11.0 Å². The minimum atomic E-state index is -0.290. The second-order valence-corrected chi connectivity index (χ2v) is 8.45. The molecule has 4 rings (SSSR count). The summed E-state index contributed by atoms with van der Waals surface area (Å²) in [6.45, 7) is 4.10. The topological polar surface area (TPSA) is 34.0 Å². The molecule has 3 aromatic carbocycles. The number of anilines is 1. The van der Waals surface area contributed by atoms with Gasteiger partial charge in [0.15, 0.2) is 0 Å². The standard InChI is InChI=1S/C27H24BrFN2O/c1-18(2)31-17-24(19-12-14-21(29)15-13-19)25(23-11-7-6-8-20(23)16-28)26(31)27(32)30-22-9-4-3-5-10-22/h3-15,17-18H,16H2,1-2H3,(H,30,32). The second kappa shape index (κ2) is 9.53. The van der Waals surface area contributed by atoms with E-state index in [9.17, 15) is 9.18 Å². The molecule has 162 valence electrons. The van der Waals surface area contributed by atoms with Crippen LogP contribution in [0, 0.1) is 5.82 Å². The van der Waals surface area contributed by atoms with E-state index in [1.165, 1.54) is 12.1 Å². The van der Waals surface area contributed by atoms with Crippen LogP contribution in [0.2, 0.25) is 0 Å². The highest BCUT2D eigenvalue weighted by molar-refractivity contribution is 9.08. The smallest absolute Gasteiger partial charge is 0.272 e. The molecule has 0 saturated heterocycles. The summed E-state index contributed by atoms with van der Waals surface area (Å²) in [6.07, 6.45) is 2.00. The van der Waals surface area contributed by atoms with Gasteiger partial charge in [0.05, 0.1) is 0 Å². The van der Waals surface area contributed by atoms with E-state index in [-0.39, 0.29) is 17.8 Å². The number of halogens is 2. The number of nitrogens with one attached hydrogen (secondary N) is 1. The Labute approximate surface area is 196 Å². The number of nitrogens with zero attached hydrogens (tertiary/aromatic N) is 1. The zero-order valence-electron chi connectivity index (χ0n) is 18.0. The Morgan fingerprint density at radius 1 is 0.938 bits per heavy atom. The molecular formula is C27H24BrFN2O. The lowest BCUT2D eigenvalue weighted by atomic mass is 9.93. The lowest BCUT2D eigenvalue weighted by Gasteiger charge is -2.16.